The standard InChI is InChI=1S/C13H11N3O/c14-6-5-13(17)12-3-1-11(2-4-12)9-16-8-7-15-10-16/h1-5,7-8,10,17H,9H2. The Labute approximate surface area is 99.1 Å². The van der Waals surface area contributed by atoms with Gasteiger partial charge in [-0.25, -0.2) is 4.98 Å². The lowest BCUT2D eigenvalue weighted by molar-refractivity contribution is 0.512. The van der Waals surface area contributed by atoms with Gasteiger partial charge in [-0.05, 0) is 5.56 Å². The highest BCUT2D eigenvalue weighted by molar-refractivity contribution is 5.60. The molecule has 4 heteroatoms. The van der Waals surface area contributed by atoms with Crippen molar-refractivity contribution in [1.82, 2.24) is 9.55 Å². The minimum Gasteiger partial charge on any atom is -0.507 e. The summed E-state index contributed by atoms with van der Waals surface area (Å²) in [6.45, 7) is 0.739. The van der Waals surface area contributed by atoms with E-state index in [-0.39, 0.29) is 5.76 Å². The van der Waals surface area contributed by atoms with E-state index in [1.807, 2.05) is 22.9 Å². The molecule has 17 heavy (non-hydrogen) atoms. The Balaban J connectivity index is 2.14. The highest BCUT2D eigenvalue weighted by Gasteiger charge is 1.99. The van der Waals surface area contributed by atoms with Crippen LogP contribution in [0.4, 0.5) is 0 Å². The Hall–Kier alpha value is -2.54. The third-order valence-electron chi connectivity index (χ3n) is 2.38. The van der Waals surface area contributed by atoms with Gasteiger partial charge in [0, 0.05) is 24.5 Å². The number of benzene rings is 1. The summed E-state index contributed by atoms with van der Waals surface area (Å²) in [5.74, 6) is -0.0123. The summed E-state index contributed by atoms with van der Waals surface area (Å²) in [5, 5.41) is 17.9. The van der Waals surface area contributed by atoms with Crippen molar-refractivity contribution in [3.8, 4) is 6.07 Å². The van der Waals surface area contributed by atoms with Crippen LogP contribution in [-0.2, 0) is 6.54 Å². The summed E-state index contributed by atoms with van der Waals surface area (Å²) in [4.78, 5) is 3.97. The lowest BCUT2D eigenvalue weighted by atomic mass is 10.1. The van der Waals surface area contributed by atoms with E-state index >= 15 is 0 Å². The molecule has 0 atom stereocenters. The van der Waals surface area contributed by atoms with Gasteiger partial charge < -0.3 is 9.67 Å². The lowest BCUT2D eigenvalue weighted by Crippen LogP contribution is -1.96. The molecular formula is C13H11N3O. The van der Waals surface area contributed by atoms with Crippen molar-refractivity contribution < 1.29 is 5.11 Å². The molecule has 4 nitrogen and oxygen atoms in total. The minimum atomic E-state index is -0.0123. The first-order valence-corrected chi connectivity index (χ1v) is 5.13. The molecule has 0 aliphatic rings. The minimum absolute atomic E-state index is 0.0123. The number of allylic oxidation sites excluding steroid dienone is 1. The zero-order chi connectivity index (χ0) is 12.1. The first-order valence-electron chi connectivity index (χ1n) is 5.13. The summed E-state index contributed by atoms with van der Waals surface area (Å²) in [7, 11) is 0. The number of aliphatic hydroxyl groups excluding tert-OH is 1. The van der Waals surface area contributed by atoms with Gasteiger partial charge in [0.25, 0.3) is 0 Å². The van der Waals surface area contributed by atoms with E-state index in [4.69, 9.17) is 5.26 Å². The first kappa shape index (κ1) is 11.0. The predicted molar refractivity (Wildman–Crippen MR) is 64.0 cm³/mol. The fraction of sp³-hybridized carbons (Fsp3) is 0.0769. The second-order valence-corrected chi connectivity index (χ2v) is 3.59. The summed E-state index contributed by atoms with van der Waals surface area (Å²) in [6.07, 6.45) is 6.49. The van der Waals surface area contributed by atoms with Crippen LogP contribution in [0.3, 0.4) is 0 Å². The Morgan fingerprint density at radius 3 is 2.76 bits per heavy atom. The van der Waals surface area contributed by atoms with Crippen molar-refractivity contribution in [3.63, 3.8) is 0 Å². The summed E-state index contributed by atoms with van der Waals surface area (Å²) in [6, 6.07) is 9.19. The van der Waals surface area contributed by atoms with Crippen LogP contribution in [0.1, 0.15) is 11.1 Å². The van der Waals surface area contributed by atoms with E-state index in [1.54, 1.807) is 30.7 Å². The van der Waals surface area contributed by atoms with E-state index in [2.05, 4.69) is 4.98 Å². The number of hydrogen-bond donors (Lipinski definition) is 1. The second kappa shape index (κ2) is 4.99. The van der Waals surface area contributed by atoms with Crippen LogP contribution in [0.5, 0.6) is 0 Å². The Kier molecular flexibility index (Phi) is 3.22. The average molecular weight is 225 g/mol. The molecule has 1 aromatic carbocycles. The maximum atomic E-state index is 9.49. The molecule has 0 fully saturated rings. The molecule has 1 heterocycles. The number of nitrogens with zero attached hydrogens (tertiary/aromatic N) is 3. The van der Waals surface area contributed by atoms with Crippen LogP contribution < -0.4 is 0 Å². The van der Waals surface area contributed by atoms with Gasteiger partial charge in [0.1, 0.15) is 5.76 Å². The van der Waals surface area contributed by atoms with Crippen LogP contribution >= 0.6 is 0 Å². The zero-order valence-electron chi connectivity index (χ0n) is 9.11. The normalized spacial score (nSPS) is 11.1. The topological polar surface area (TPSA) is 61.8 Å². The average Bonchev–Trinajstić information content (AvgIpc) is 2.83. The number of aliphatic hydroxyl groups is 1. The summed E-state index contributed by atoms with van der Waals surface area (Å²) in [5.41, 5.74) is 1.75. The third kappa shape index (κ3) is 2.73. The van der Waals surface area contributed by atoms with Crippen molar-refractivity contribution in [2.75, 3.05) is 0 Å². The highest BCUT2D eigenvalue weighted by atomic mass is 16.3. The van der Waals surface area contributed by atoms with Gasteiger partial charge in [-0.3, -0.25) is 0 Å². The second-order valence-electron chi connectivity index (χ2n) is 3.59. The van der Waals surface area contributed by atoms with E-state index in [0.29, 0.717) is 5.56 Å². The molecule has 0 aliphatic carbocycles. The number of hydrogen-bond acceptors (Lipinski definition) is 3. The SMILES string of the molecule is N#CC=C(O)c1ccc(Cn2ccnc2)cc1. The zero-order valence-corrected chi connectivity index (χ0v) is 9.11. The van der Waals surface area contributed by atoms with Crippen LogP contribution in [0.25, 0.3) is 5.76 Å². The monoisotopic (exact) mass is 225 g/mol. The molecule has 0 radical (unpaired) electrons. The van der Waals surface area contributed by atoms with E-state index in [1.165, 1.54) is 0 Å². The maximum Gasteiger partial charge on any atom is 0.133 e. The lowest BCUT2D eigenvalue weighted by Gasteiger charge is -2.04. The predicted octanol–water partition coefficient (Wildman–Crippen LogP) is 2.35. The van der Waals surface area contributed by atoms with Crippen molar-refractivity contribution in [2.45, 2.75) is 6.54 Å². The van der Waals surface area contributed by atoms with Crippen molar-refractivity contribution >= 4 is 5.76 Å². The number of imidazole rings is 1. The summed E-state index contributed by atoms with van der Waals surface area (Å²) >= 11 is 0. The number of nitriles is 1. The molecule has 0 spiro atoms. The Morgan fingerprint density at radius 1 is 1.41 bits per heavy atom. The fourth-order valence-corrected chi connectivity index (χ4v) is 1.52. The molecule has 1 aromatic heterocycles. The molecule has 84 valence electrons. The van der Waals surface area contributed by atoms with Gasteiger partial charge >= 0.3 is 0 Å². The van der Waals surface area contributed by atoms with Crippen LogP contribution in [0, 0.1) is 11.3 Å². The van der Waals surface area contributed by atoms with Gasteiger partial charge in [0.2, 0.25) is 0 Å². The van der Waals surface area contributed by atoms with E-state index in [9.17, 15) is 5.11 Å². The molecule has 2 rings (SSSR count). The van der Waals surface area contributed by atoms with E-state index in [0.717, 1.165) is 18.2 Å². The molecule has 1 N–H and O–H groups in total. The van der Waals surface area contributed by atoms with Crippen molar-refractivity contribution in [3.05, 3.63) is 60.2 Å². The number of aromatic nitrogens is 2. The molecule has 0 saturated heterocycles. The smallest absolute Gasteiger partial charge is 0.133 e. The highest BCUT2D eigenvalue weighted by Crippen LogP contribution is 2.12. The van der Waals surface area contributed by atoms with Gasteiger partial charge in [-0.2, -0.15) is 5.26 Å². The molecule has 2 aromatic rings. The maximum absolute atomic E-state index is 9.49. The van der Waals surface area contributed by atoms with Crippen molar-refractivity contribution in [2.24, 2.45) is 0 Å². The molecule has 0 bridgehead atoms. The Morgan fingerprint density at radius 2 is 2.18 bits per heavy atom. The van der Waals surface area contributed by atoms with Crippen LogP contribution in [-0.4, -0.2) is 14.7 Å². The van der Waals surface area contributed by atoms with Crippen LogP contribution in [0.15, 0.2) is 49.1 Å². The Bertz CT molecular complexity index is 547. The van der Waals surface area contributed by atoms with E-state index < -0.39 is 0 Å². The number of rotatable bonds is 3. The molecule has 0 unspecified atom stereocenters. The molecule has 0 aliphatic heterocycles. The van der Waals surface area contributed by atoms with Gasteiger partial charge in [-0.15, -0.1) is 0 Å². The quantitative estimate of drug-likeness (QED) is 0.644. The van der Waals surface area contributed by atoms with Gasteiger partial charge in [0.05, 0.1) is 18.5 Å². The molecular weight excluding hydrogens is 214 g/mol. The van der Waals surface area contributed by atoms with Crippen molar-refractivity contribution in [1.29, 1.82) is 5.26 Å². The largest absolute Gasteiger partial charge is 0.507 e. The molecule has 0 amide bonds. The first-order chi connectivity index (χ1) is 8.29. The van der Waals surface area contributed by atoms with Crippen LogP contribution in [0.2, 0.25) is 0 Å². The third-order valence-corrected chi connectivity index (χ3v) is 2.38. The van der Waals surface area contributed by atoms with Gasteiger partial charge in [0.15, 0.2) is 0 Å². The van der Waals surface area contributed by atoms with Gasteiger partial charge in [-0.1, -0.05) is 24.3 Å². The summed E-state index contributed by atoms with van der Waals surface area (Å²) < 4.78 is 1.96. The molecule has 0 saturated carbocycles. The fourth-order valence-electron chi connectivity index (χ4n) is 1.52.